The minimum atomic E-state index is 0.176. The summed E-state index contributed by atoms with van der Waals surface area (Å²) in [6.07, 6.45) is 56.9. The molecule has 1 fully saturated rings. The molecule has 1 aliphatic carbocycles. The van der Waals surface area contributed by atoms with Crippen LogP contribution in [0, 0.1) is 5.41 Å². The number of rotatable bonds is 33. The average molecular weight is 640 g/mol. The second-order valence-corrected chi connectivity index (χ2v) is 14.7. The van der Waals surface area contributed by atoms with Gasteiger partial charge in [-0.3, -0.25) is 0 Å². The number of nitrogens with zero attached hydrogens (tertiary/aromatic N) is 1. The lowest BCUT2D eigenvalue weighted by Gasteiger charge is -2.40. The van der Waals surface area contributed by atoms with Gasteiger partial charge >= 0.3 is 0 Å². The highest BCUT2D eigenvalue weighted by molar-refractivity contribution is 4.93. The van der Waals surface area contributed by atoms with Crippen LogP contribution in [0.4, 0.5) is 0 Å². The molecular formula is C44H81NO. The van der Waals surface area contributed by atoms with E-state index in [2.05, 4.69) is 67.4 Å². The van der Waals surface area contributed by atoms with Crippen molar-refractivity contribution in [1.29, 1.82) is 0 Å². The first-order valence-corrected chi connectivity index (χ1v) is 20.7. The zero-order valence-corrected chi connectivity index (χ0v) is 31.3. The lowest BCUT2D eigenvalue weighted by molar-refractivity contribution is 0.0391. The van der Waals surface area contributed by atoms with Gasteiger partial charge in [-0.15, -0.1) is 0 Å². The van der Waals surface area contributed by atoms with Crippen molar-refractivity contribution in [2.24, 2.45) is 5.41 Å². The monoisotopic (exact) mass is 640 g/mol. The molecule has 0 atom stereocenters. The molecular weight excluding hydrogens is 558 g/mol. The van der Waals surface area contributed by atoms with E-state index in [1.165, 1.54) is 186 Å². The smallest absolute Gasteiger partial charge is 0.0499 e. The minimum absolute atomic E-state index is 0.176. The third kappa shape index (κ3) is 26.9. The van der Waals surface area contributed by atoms with E-state index in [1.807, 2.05) is 0 Å². The number of aliphatic hydroxyl groups excluding tert-OH is 1. The van der Waals surface area contributed by atoms with E-state index in [9.17, 15) is 5.11 Å². The molecule has 2 heteroatoms. The second kappa shape index (κ2) is 33.8. The summed E-state index contributed by atoms with van der Waals surface area (Å²) in [4.78, 5) is 2.76. The van der Waals surface area contributed by atoms with Gasteiger partial charge in [-0.05, 0) is 103 Å². The number of hydrogen-bond donors (Lipinski definition) is 1. The summed E-state index contributed by atoms with van der Waals surface area (Å²) in [6, 6.07) is 0. The molecule has 0 unspecified atom stereocenters. The summed E-state index contributed by atoms with van der Waals surface area (Å²) < 4.78 is 0. The maximum Gasteiger partial charge on any atom is 0.0499 e. The van der Waals surface area contributed by atoms with Gasteiger partial charge < -0.3 is 10.0 Å². The third-order valence-electron chi connectivity index (χ3n) is 10.2. The van der Waals surface area contributed by atoms with Crippen LogP contribution in [0.25, 0.3) is 0 Å². The quantitative estimate of drug-likeness (QED) is 0.0570. The van der Waals surface area contributed by atoms with E-state index in [0.717, 1.165) is 19.4 Å². The first-order chi connectivity index (χ1) is 22.8. The summed E-state index contributed by atoms with van der Waals surface area (Å²) in [5.74, 6) is 0. The fourth-order valence-corrected chi connectivity index (χ4v) is 7.06. The summed E-state index contributed by atoms with van der Waals surface area (Å²) in [5.41, 5.74) is 0.176. The number of hydrogen-bond acceptors (Lipinski definition) is 2. The molecule has 1 aliphatic rings. The van der Waals surface area contributed by atoms with Crippen LogP contribution in [0.5, 0.6) is 0 Å². The molecule has 0 radical (unpaired) electrons. The largest absolute Gasteiger partial charge is 0.396 e. The Hall–Kier alpha value is -1.12. The lowest BCUT2D eigenvalue weighted by Crippen LogP contribution is -2.42. The molecule has 46 heavy (non-hydrogen) atoms. The van der Waals surface area contributed by atoms with Crippen molar-refractivity contribution in [3.8, 4) is 0 Å². The molecule has 0 aromatic carbocycles. The molecule has 0 heterocycles. The topological polar surface area (TPSA) is 23.5 Å². The summed E-state index contributed by atoms with van der Waals surface area (Å²) in [6.45, 7) is 8.52. The summed E-state index contributed by atoms with van der Waals surface area (Å²) in [7, 11) is 0. The molecule has 1 saturated carbocycles. The summed E-state index contributed by atoms with van der Waals surface area (Å²) in [5, 5.41) is 10.4. The molecule has 0 amide bonds. The van der Waals surface area contributed by atoms with Gasteiger partial charge in [0.25, 0.3) is 0 Å². The van der Waals surface area contributed by atoms with E-state index < -0.39 is 0 Å². The molecule has 2 nitrogen and oxygen atoms in total. The fourth-order valence-electron chi connectivity index (χ4n) is 7.06. The van der Waals surface area contributed by atoms with Crippen LogP contribution in [-0.2, 0) is 0 Å². The zero-order chi connectivity index (χ0) is 33.1. The Bertz CT molecular complexity index is 680. The van der Waals surface area contributed by atoms with Crippen LogP contribution in [0.1, 0.15) is 200 Å². The van der Waals surface area contributed by atoms with Crippen molar-refractivity contribution < 1.29 is 5.11 Å². The Morgan fingerprint density at radius 2 is 0.826 bits per heavy atom. The fraction of sp³-hybridized carbons (Fsp3) is 0.818. The highest BCUT2D eigenvalue weighted by atomic mass is 16.3. The first kappa shape index (κ1) is 42.9. The number of allylic oxidation sites excluding steroid dienone is 8. The van der Waals surface area contributed by atoms with E-state index in [4.69, 9.17) is 0 Å². The average Bonchev–Trinajstić information content (AvgIpc) is 3.08. The number of aliphatic hydroxyl groups is 1. The molecule has 1 rings (SSSR count). The standard InChI is InChI=1S/C44H81NO/c1-3-5-7-9-11-13-15-17-19-21-23-25-27-29-31-36-40-45(42-44(43-46)38-34-33-35-39-44)41-37-32-30-28-26-24-22-20-18-16-14-12-10-8-6-4-2/h11-14,17-20,46H,3-10,15-16,21-43H2,1-2H3/b13-11-,14-12-,19-17-,20-18-. The van der Waals surface area contributed by atoms with Gasteiger partial charge in [0.2, 0.25) is 0 Å². The summed E-state index contributed by atoms with van der Waals surface area (Å²) >= 11 is 0. The number of unbranched alkanes of at least 4 members (excludes halogenated alkanes) is 18. The molecule has 0 saturated heterocycles. The van der Waals surface area contributed by atoms with Crippen molar-refractivity contribution in [1.82, 2.24) is 4.90 Å². The normalized spacial score (nSPS) is 15.6. The van der Waals surface area contributed by atoms with E-state index in [0.29, 0.717) is 6.61 Å². The van der Waals surface area contributed by atoms with Gasteiger partial charge in [-0.1, -0.05) is 159 Å². The van der Waals surface area contributed by atoms with E-state index >= 15 is 0 Å². The Morgan fingerprint density at radius 3 is 1.22 bits per heavy atom. The van der Waals surface area contributed by atoms with Crippen LogP contribution in [0.3, 0.4) is 0 Å². The molecule has 0 aliphatic heterocycles. The highest BCUT2D eigenvalue weighted by Gasteiger charge is 2.33. The minimum Gasteiger partial charge on any atom is -0.396 e. The van der Waals surface area contributed by atoms with Crippen LogP contribution in [0.15, 0.2) is 48.6 Å². The molecule has 0 bridgehead atoms. The molecule has 0 aromatic heterocycles. The maximum atomic E-state index is 10.4. The van der Waals surface area contributed by atoms with Gasteiger partial charge in [0, 0.05) is 18.6 Å². The van der Waals surface area contributed by atoms with Crippen LogP contribution in [0.2, 0.25) is 0 Å². The Kier molecular flexibility index (Phi) is 31.5. The van der Waals surface area contributed by atoms with Crippen LogP contribution >= 0.6 is 0 Å². The predicted octanol–water partition coefficient (Wildman–Crippen LogP) is 13.9. The Balaban J connectivity index is 2.16. The van der Waals surface area contributed by atoms with E-state index in [-0.39, 0.29) is 5.41 Å². The molecule has 0 aromatic rings. The van der Waals surface area contributed by atoms with E-state index in [1.54, 1.807) is 0 Å². The molecule has 1 N–H and O–H groups in total. The highest BCUT2D eigenvalue weighted by Crippen LogP contribution is 2.36. The lowest BCUT2D eigenvalue weighted by atomic mass is 9.74. The van der Waals surface area contributed by atoms with Gasteiger partial charge in [0.15, 0.2) is 0 Å². The zero-order valence-electron chi connectivity index (χ0n) is 31.3. The first-order valence-electron chi connectivity index (χ1n) is 20.7. The van der Waals surface area contributed by atoms with Gasteiger partial charge in [-0.2, -0.15) is 0 Å². The van der Waals surface area contributed by atoms with Crippen LogP contribution in [-0.4, -0.2) is 36.2 Å². The van der Waals surface area contributed by atoms with Gasteiger partial charge in [0.05, 0.1) is 0 Å². The van der Waals surface area contributed by atoms with Crippen molar-refractivity contribution in [3.05, 3.63) is 48.6 Å². The maximum absolute atomic E-state index is 10.4. The molecule has 0 spiro atoms. The van der Waals surface area contributed by atoms with Gasteiger partial charge in [0.1, 0.15) is 0 Å². The predicted molar refractivity (Wildman–Crippen MR) is 208 cm³/mol. The molecule has 268 valence electrons. The van der Waals surface area contributed by atoms with Crippen LogP contribution < -0.4 is 0 Å². The second-order valence-electron chi connectivity index (χ2n) is 14.7. The van der Waals surface area contributed by atoms with Crippen molar-refractivity contribution in [2.75, 3.05) is 26.2 Å². The Morgan fingerprint density at radius 1 is 0.457 bits per heavy atom. The Labute approximate surface area is 289 Å². The van der Waals surface area contributed by atoms with Crippen molar-refractivity contribution >= 4 is 0 Å². The van der Waals surface area contributed by atoms with Gasteiger partial charge in [-0.25, -0.2) is 0 Å². The SMILES string of the molecule is CCCCC/C=C\C/C=C\CCCCCCCCN(CCCCCCCC/C=C\C/C=C\CCCCC)CC1(CO)CCCCC1. The van der Waals surface area contributed by atoms with Crippen molar-refractivity contribution in [2.45, 2.75) is 200 Å². The third-order valence-corrected chi connectivity index (χ3v) is 10.2. The van der Waals surface area contributed by atoms with Crippen molar-refractivity contribution in [3.63, 3.8) is 0 Å².